The maximum Gasteiger partial charge on any atom is 0.239 e. The minimum absolute atomic E-state index is 0.0447. The molecule has 2 fully saturated rings. The molecule has 3 aromatic rings. The molecule has 0 bridgehead atoms. The van der Waals surface area contributed by atoms with Crippen LogP contribution in [0.15, 0.2) is 39.5 Å². The molecule has 0 spiro atoms. The minimum atomic E-state index is -1.91. The molecule has 10 atom stereocenters. The van der Waals surface area contributed by atoms with Crippen molar-refractivity contribution in [2.24, 2.45) is 0 Å². The van der Waals surface area contributed by atoms with E-state index in [1.165, 1.54) is 13.0 Å². The van der Waals surface area contributed by atoms with Gasteiger partial charge in [0.1, 0.15) is 59.1 Å². The molecule has 0 saturated carbocycles. The van der Waals surface area contributed by atoms with Gasteiger partial charge < -0.3 is 74.4 Å². The smallest absolute Gasteiger partial charge is 0.239 e. The number of rotatable bonds is 6. The Morgan fingerprint density at radius 2 is 1.51 bits per heavy atom. The average molecular weight is 611 g/mol. The highest BCUT2D eigenvalue weighted by Crippen LogP contribution is 2.40. The van der Waals surface area contributed by atoms with Crippen molar-refractivity contribution in [3.8, 4) is 40.1 Å². The Hall–Kier alpha value is -3.71. The normalized spacial score (nSPS) is 33.0. The summed E-state index contributed by atoms with van der Waals surface area (Å²) in [7, 11) is 0. The number of phenols is 4. The van der Waals surface area contributed by atoms with E-state index in [1.54, 1.807) is 0 Å². The summed E-state index contributed by atoms with van der Waals surface area (Å²) in [5.74, 6) is -3.40. The van der Waals surface area contributed by atoms with E-state index in [4.69, 9.17) is 23.4 Å². The first-order valence-corrected chi connectivity index (χ1v) is 13.0. The first kappa shape index (κ1) is 30.7. The summed E-state index contributed by atoms with van der Waals surface area (Å²) in [6.07, 6.45) is -16.7. The van der Waals surface area contributed by atoms with Crippen LogP contribution < -0.4 is 10.2 Å². The fourth-order valence-corrected chi connectivity index (χ4v) is 4.92. The SMILES string of the molecule is CC1O[C@@H](OC2C(O)[C@H](O)C(CO)O[C@H]2Oc2c(-c3ccc(O)c(O)c3)oc3cc(O)cc(O)c3c2=O)[C@@H](O)C(O)[C@H]1O. The molecule has 16 heteroatoms. The molecule has 2 saturated heterocycles. The van der Waals surface area contributed by atoms with E-state index in [1.807, 2.05) is 0 Å². The summed E-state index contributed by atoms with van der Waals surface area (Å²) in [5, 5.41) is 102. The number of hydrogen-bond donors (Lipinski definition) is 10. The van der Waals surface area contributed by atoms with Gasteiger partial charge in [-0.1, -0.05) is 0 Å². The van der Waals surface area contributed by atoms with Crippen molar-refractivity contribution in [3.63, 3.8) is 0 Å². The largest absolute Gasteiger partial charge is 0.508 e. The van der Waals surface area contributed by atoms with Crippen LogP contribution >= 0.6 is 0 Å². The molecule has 10 N–H and O–H groups in total. The zero-order chi connectivity index (χ0) is 31.3. The lowest BCUT2D eigenvalue weighted by molar-refractivity contribution is -0.354. The van der Waals surface area contributed by atoms with Crippen LogP contribution in [0, 0.1) is 0 Å². The number of aliphatic hydroxyl groups excluding tert-OH is 6. The standard InChI is InChI=1S/C27H30O16/c1-8-17(33)20(36)22(38)26(39-8)43-25-21(37)18(34)15(7-28)41-27(25)42-24-19(35)16-13(32)5-10(29)6-14(16)40-23(24)9-2-3-11(30)12(31)4-9/h2-6,8,15,17-18,20-22,25-34,36-38H,7H2,1H3/t8?,15?,17-,18+,20?,21?,22-,25?,26-,27-/m0/s1. The van der Waals surface area contributed by atoms with E-state index in [9.17, 15) is 55.9 Å². The van der Waals surface area contributed by atoms with Crippen LogP contribution in [0.5, 0.6) is 28.7 Å². The van der Waals surface area contributed by atoms with Gasteiger partial charge in [-0.2, -0.15) is 0 Å². The topological polar surface area (TPSA) is 269 Å². The van der Waals surface area contributed by atoms with E-state index in [-0.39, 0.29) is 11.1 Å². The number of hydrogen-bond acceptors (Lipinski definition) is 16. The summed E-state index contributed by atoms with van der Waals surface area (Å²) in [4.78, 5) is 13.7. The second kappa shape index (κ2) is 11.8. The van der Waals surface area contributed by atoms with E-state index in [0.717, 1.165) is 24.3 Å². The first-order chi connectivity index (χ1) is 20.3. The molecule has 1 aromatic heterocycles. The lowest BCUT2D eigenvalue weighted by atomic mass is 9.97. The second-order valence-corrected chi connectivity index (χ2v) is 10.2. The quantitative estimate of drug-likeness (QED) is 0.140. The Balaban J connectivity index is 1.62. The Bertz CT molecular complexity index is 1540. The van der Waals surface area contributed by atoms with Crippen LogP contribution in [0.3, 0.4) is 0 Å². The second-order valence-electron chi connectivity index (χ2n) is 10.2. The molecular formula is C27H30O16. The van der Waals surface area contributed by atoms with Crippen LogP contribution in [0.25, 0.3) is 22.3 Å². The van der Waals surface area contributed by atoms with Crippen molar-refractivity contribution in [2.75, 3.05) is 6.61 Å². The van der Waals surface area contributed by atoms with Crippen molar-refractivity contribution in [2.45, 2.75) is 68.3 Å². The molecule has 0 radical (unpaired) electrons. The molecule has 0 aliphatic carbocycles. The Morgan fingerprint density at radius 1 is 0.791 bits per heavy atom. The lowest BCUT2D eigenvalue weighted by Gasteiger charge is -2.45. The monoisotopic (exact) mass is 610 g/mol. The van der Waals surface area contributed by atoms with Gasteiger partial charge in [0.15, 0.2) is 29.7 Å². The zero-order valence-corrected chi connectivity index (χ0v) is 22.3. The van der Waals surface area contributed by atoms with Gasteiger partial charge in [-0.25, -0.2) is 0 Å². The highest BCUT2D eigenvalue weighted by atomic mass is 16.8. The fraction of sp³-hybridized carbons (Fsp3) is 0.444. The molecular weight excluding hydrogens is 580 g/mol. The van der Waals surface area contributed by atoms with Crippen LogP contribution in [-0.2, 0) is 14.2 Å². The third-order valence-corrected chi connectivity index (χ3v) is 7.31. The van der Waals surface area contributed by atoms with Crippen LogP contribution in [0.2, 0.25) is 0 Å². The van der Waals surface area contributed by atoms with Gasteiger partial charge in [-0.15, -0.1) is 0 Å². The maximum absolute atomic E-state index is 13.7. The predicted molar refractivity (Wildman–Crippen MR) is 140 cm³/mol. The maximum atomic E-state index is 13.7. The van der Waals surface area contributed by atoms with Gasteiger partial charge in [0.25, 0.3) is 0 Å². The van der Waals surface area contributed by atoms with Gasteiger partial charge in [0.2, 0.25) is 17.5 Å². The third-order valence-electron chi connectivity index (χ3n) is 7.31. The molecule has 5 rings (SSSR count). The van der Waals surface area contributed by atoms with Gasteiger partial charge >= 0.3 is 0 Å². The predicted octanol–water partition coefficient (Wildman–Crippen LogP) is -1.69. The first-order valence-electron chi connectivity index (χ1n) is 13.0. The summed E-state index contributed by atoms with van der Waals surface area (Å²) in [5.41, 5.74) is -1.39. The van der Waals surface area contributed by atoms with E-state index in [2.05, 4.69) is 0 Å². The molecule has 2 aliphatic heterocycles. The van der Waals surface area contributed by atoms with Crippen LogP contribution in [0.4, 0.5) is 0 Å². The van der Waals surface area contributed by atoms with E-state index >= 15 is 0 Å². The van der Waals surface area contributed by atoms with Crippen molar-refractivity contribution >= 4 is 11.0 Å². The van der Waals surface area contributed by atoms with Crippen molar-refractivity contribution < 1.29 is 74.4 Å². The molecule has 16 nitrogen and oxygen atoms in total. The molecule has 5 unspecified atom stereocenters. The molecule has 0 amide bonds. The molecule has 3 heterocycles. The highest BCUT2D eigenvalue weighted by molar-refractivity contribution is 5.88. The number of benzene rings is 2. The third kappa shape index (κ3) is 5.55. The number of ether oxygens (including phenoxy) is 4. The van der Waals surface area contributed by atoms with E-state index in [0.29, 0.717) is 0 Å². The van der Waals surface area contributed by atoms with Crippen molar-refractivity contribution in [1.29, 1.82) is 0 Å². The average Bonchev–Trinajstić information content (AvgIpc) is 2.96. The highest BCUT2D eigenvalue weighted by Gasteiger charge is 2.51. The Labute approximate surface area is 241 Å². The van der Waals surface area contributed by atoms with Crippen LogP contribution in [0.1, 0.15) is 6.92 Å². The summed E-state index contributed by atoms with van der Waals surface area (Å²) in [6.45, 7) is 0.541. The summed E-state index contributed by atoms with van der Waals surface area (Å²) in [6, 6.07) is 5.21. The number of aromatic hydroxyl groups is 4. The van der Waals surface area contributed by atoms with E-state index < -0.39 is 113 Å². The van der Waals surface area contributed by atoms with Crippen LogP contribution in [-0.4, -0.2) is 119 Å². The molecule has 234 valence electrons. The van der Waals surface area contributed by atoms with Gasteiger partial charge in [-0.05, 0) is 25.1 Å². The Morgan fingerprint density at radius 3 is 2.19 bits per heavy atom. The van der Waals surface area contributed by atoms with Crippen molar-refractivity contribution in [1.82, 2.24) is 0 Å². The summed E-state index contributed by atoms with van der Waals surface area (Å²) < 4.78 is 28.3. The summed E-state index contributed by atoms with van der Waals surface area (Å²) >= 11 is 0. The molecule has 43 heavy (non-hydrogen) atoms. The van der Waals surface area contributed by atoms with Gasteiger partial charge in [-0.3, -0.25) is 4.79 Å². The van der Waals surface area contributed by atoms with Gasteiger partial charge in [0, 0.05) is 17.7 Å². The number of fused-ring (bicyclic) bond motifs is 1. The zero-order valence-electron chi connectivity index (χ0n) is 22.3. The Kier molecular flexibility index (Phi) is 8.41. The number of phenolic OH excluding ortho intramolecular Hbond substituents is 4. The van der Waals surface area contributed by atoms with Crippen molar-refractivity contribution in [3.05, 3.63) is 40.6 Å². The fourth-order valence-electron chi connectivity index (χ4n) is 4.92. The molecule has 2 aromatic carbocycles. The number of aliphatic hydroxyl groups is 6. The lowest BCUT2D eigenvalue weighted by Crippen LogP contribution is -2.64. The minimum Gasteiger partial charge on any atom is -0.508 e. The molecule has 2 aliphatic rings. The van der Waals surface area contributed by atoms with Gasteiger partial charge in [0.05, 0.1) is 12.7 Å².